The zero-order valence-corrected chi connectivity index (χ0v) is 8.43. The van der Waals surface area contributed by atoms with Crippen molar-refractivity contribution in [3.8, 4) is 0 Å². The molecule has 1 atom stereocenters. The SMILES string of the molecule is CC=Cc1cc(S(=O)[O-])ccc1C. The molecule has 3 heteroatoms. The molecular weight excluding hydrogens is 184 g/mol. The van der Waals surface area contributed by atoms with Gasteiger partial charge in [0.1, 0.15) is 0 Å². The van der Waals surface area contributed by atoms with Crippen LogP contribution in [0.25, 0.3) is 6.08 Å². The minimum Gasteiger partial charge on any atom is -0.768 e. The molecule has 13 heavy (non-hydrogen) atoms. The van der Waals surface area contributed by atoms with Crippen LogP contribution in [0.3, 0.4) is 0 Å². The van der Waals surface area contributed by atoms with E-state index in [9.17, 15) is 8.76 Å². The van der Waals surface area contributed by atoms with Crippen molar-refractivity contribution in [2.45, 2.75) is 18.7 Å². The highest BCUT2D eigenvalue weighted by Gasteiger charge is 1.96. The normalized spacial score (nSPS) is 13.5. The number of aryl methyl sites for hydroxylation is 1. The average molecular weight is 195 g/mol. The maximum atomic E-state index is 10.6. The maximum absolute atomic E-state index is 10.6. The van der Waals surface area contributed by atoms with Crippen LogP contribution in [0.2, 0.25) is 0 Å². The van der Waals surface area contributed by atoms with Crippen LogP contribution in [0, 0.1) is 6.92 Å². The molecule has 1 aromatic carbocycles. The van der Waals surface area contributed by atoms with Crippen molar-refractivity contribution in [2.75, 3.05) is 0 Å². The Morgan fingerprint density at radius 1 is 1.46 bits per heavy atom. The predicted molar refractivity (Wildman–Crippen MR) is 53.1 cm³/mol. The fourth-order valence-electron chi connectivity index (χ4n) is 1.08. The van der Waals surface area contributed by atoms with Gasteiger partial charge in [0.15, 0.2) is 0 Å². The Morgan fingerprint density at radius 2 is 2.15 bits per heavy atom. The van der Waals surface area contributed by atoms with Crippen molar-refractivity contribution >= 4 is 17.2 Å². The summed E-state index contributed by atoms with van der Waals surface area (Å²) in [7, 11) is 0. The molecule has 0 fully saturated rings. The van der Waals surface area contributed by atoms with Crippen LogP contribution in [0.1, 0.15) is 18.1 Å². The molecule has 0 spiro atoms. The Morgan fingerprint density at radius 3 is 2.69 bits per heavy atom. The molecule has 0 heterocycles. The van der Waals surface area contributed by atoms with E-state index in [1.807, 2.05) is 26.0 Å². The van der Waals surface area contributed by atoms with E-state index in [1.165, 1.54) is 0 Å². The van der Waals surface area contributed by atoms with Gasteiger partial charge in [-0.05, 0) is 48.2 Å². The van der Waals surface area contributed by atoms with Crippen LogP contribution in [0.5, 0.6) is 0 Å². The third-order valence-corrected chi connectivity index (χ3v) is 2.43. The van der Waals surface area contributed by atoms with Crippen molar-refractivity contribution in [3.63, 3.8) is 0 Å². The Bertz CT molecular complexity index is 356. The molecule has 1 rings (SSSR count). The van der Waals surface area contributed by atoms with E-state index >= 15 is 0 Å². The van der Waals surface area contributed by atoms with Crippen LogP contribution in [0.4, 0.5) is 0 Å². The summed E-state index contributed by atoms with van der Waals surface area (Å²) in [6, 6.07) is 5.07. The lowest BCUT2D eigenvalue weighted by atomic mass is 10.1. The monoisotopic (exact) mass is 195 g/mol. The van der Waals surface area contributed by atoms with Gasteiger partial charge in [-0.2, -0.15) is 0 Å². The Balaban J connectivity index is 3.18. The molecule has 0 aliphatic carbocycles. The summed E-state index contributed by atoms with van der Waals surface area (Å²) in [5.41, 5.74) is 2.02. The number of hydrogen-bond acceptors (Lipinski definition) is 2. The van der Waals surface area contributed by atoms with E-state index in [0.29, 0.717) is 4.90 Å². The van der Waals surface area contributed by atoms with Gasteiger partial charge < -0.3 is 4.55 Å². The third-order valence-electron chi connectivity index (χ3n) is 1.79. The van der Waals surface area contributed by atoms with Crippen LogP contribution < -0.4 is 0 Å². The molecule has 0 N–H and O–H groups in total. The topological polar surface area (TPSA) is 40.1 Å². The third kappa shape index (κ3) is 2.50. The van der Waals surface area contributed by atoms with Crippen molar-refractivity contribution in [1.82, 2.24) is 0 Å². The minimum atomic E-state index is -2.13. The fourth-order valence-corrected chi connectivity index (χ4v) is 1.48. The van der Waals surface area contributed by atoms with Crippen molar-refractivity contribution < 1.29 is 8.76 Å². The highest BCUT2D eigenvalue weighted by Crippen LogP contribution is 2.14. The van der Waals surface area contributed by atoms with Crippen LogP contribution in [0.15, 0.2) is 29.2 Å². The van der Waals surface area contributed by atoms with E-state index in [4.69, 9.17) is 0 Å². The molecule has 0 aliphatic rings. The van der Waals surface area contributed by atoms with E-state index in [-0.39, 0.29) is 0 Å². The van der Waals surface area contributed by atoms with Gasteiger partial charge in [-0.15, -0.1) is 0 Å². The summed E-state index contributed by atoms with van der Waals surface area (Å²) in [5, 5.41) is 0. The van der Waals surface area contributed by atoms with E-state index in [1.54, 1.807) is 18.2 Å². The zero-order chi connectivity index (χ0) is 9.84. The number of benzene rings is 1. The van der Waals surface area contributed by atoms with Gasteiger partial charge in [-0.25, -0.2) is 0 Å². The van der Waals surface area contributed by atoms with Gasteiger partial charge >= 0.3 is 0 Å². The molecule has 0 amide bonds. The second-order valence-corrected chi connectivity index (χ2v) is 3.69. The van der Waals surface area contributed by atoms with Gasteiger partial charge in [0, 0.05) is 4.90 Å². The Hall–Kier alpha value is -0.930. The fraction of sp³-hybridized carbons (Fsp3) is 0.200. The molecule has 0 bridgehead atoms. The molecule has 1 aromatic rings. The first-order valence-electron chi connectivity index (χ1n) is 3.97. The largest absolute Gasteiger partial charge is 0.768 e. The van der Waals surface area contributed by atoms with Crippen LogP contribution in [-0.4, -0.2) is 8.76 Å². The summed E-state index contributed by atoms with van der Waals surface area (Å²) in [5.74, 6) is 0. The van der Waals surface area contributed by atoms with Gasteiger partial charge in [0.25, 0.3) is 0 Å². The lowest BCUT2D eigenvalue weighted by molar-refractivity contribution is 0.537. The Labute approximate surface area is 80.6 Å². The average Bonchev–Trinajstić information content (AvgIpc) is 2.08. The van der Waals surface area contributed by atoms with Crippen molar-refractivity contribution in [2.24, 2.45) is 0 Å². The standard InChI is InChI=1S/C10H12O2S/c1-3-4-9-7-10(13(11)12)6-5-8(9)2/h3-7H,1-2H3,(H,11,12)/p-1. The number of rotatable bonds is 2. The van der Waals surface area contributed by atoms with Gasteiger partial charge in [0.2, 0.25) is 0 Å². The summed E-state index contributed by atoms with van der Waals surface area (Å²) in [6.45, 7) is 3.85. The second kappa shape index (κ2) is 4.35. The molecule has 0 aliphatic heterocycles. The summed E-state index contributed by atoms with van der Waals surface area (Å²) < 4.78 is 21.3. The molecule has 70 valence electrons. The summed E-state index contributed by atoms with van der Waals surface area (Å²) in [4.78, 5) is 0.332. The molecular formula is C10H11O2S-. The summed E-state index contributed by atoms with van der Waals surface area (Å²) >= 11 is -2.13. The lowest BCUT2D eigenvalue weighted by Crippen LogP contribution is -1.90. The van der Waals surface area contributed by atoms with Gasteiger partial charge in [0.05, 0.1) is 0 Å². The van der Waals surface area contributed by atoms with Gasteiger partial charge in [-0.3, -0.25) is 4.21 Å². The molecule has 0 saturated carbocycles. The van der Waals surface area contributed by atoms with Crippen LogP contribution >= 0.6 is 0 Å². The maximum Gasteiger partial charge on any atom is 0.0254 e. The molecule has 0 saturated heterocycles. The highest BCUT2D eigenvalue weighted by molar-refractivity contribution is 7.79. The van der Waals surface area contributed by atoms with Gasteiger partial charge in [-0.1, -0.05) is 18.2 Å². The first-order chi connectivity index (χ1) is 6.15. The lowest BCUT2D eigenvalue weighted by Gasteiger charge is -2.07. The highest BCUT2D eigenvalue weighted by atomic mass is 32.2. The van der Waals surface area contributed by atoms with E-state index in [0.717, 1.165) is 11.1 Å². The Kier molecular flexibility index (Phi) is 3.39. The van der Waals surface area contributed by atoms with Crippen molar-refractivity contribution in [1.29, 1.82) is 0 Å². The summed E-state index contributed by atoms with van der Waals surface area (Å²) in [6.07, 6.45) is 3.78. The second-order valence-electron chi connectivity index (χ2n) is 2.75. The van der Waals surface area contributed by atoms with Crippen LogP contribution in [-0.2, 0) is 11.1 Å². The number of hydrogen-bond donors (Lipinski definition) is 0. The van der Waals surface area contributed by atoms with E-state index in [2.05, 4.69) is 0 Å². The molecule has 2 nitrogen and oxygen atoms in total. The quantitative estimate of drug-likeness (QED) is 0.679. The zero-order valence-electron chi connectivity index (χ0n) is 7.61. The first-order valence-corrected chi connectivity index (χ1v) is 5.05. The predicted octanol–water partition coefficient (Wildman–Crippen LogP) is 2.27. The molecule has 0 aromatic heterocycles. The molecule has 1 unspecified atom stereocenters. The number of allylic oxidation sites excluding steroid dienone is 1. The smallest absolute Gasteiger partial charge is 0.0254 e. The van der Waals surface area contributed by atoms with E-state index < -0.39 is 11.1 Å². The van der Waals surface area contributed by atoms with Crippen molar-refractivity contribution in [3.05, 3.63) is 35.4 Å². The molecule has 0 radical (unpaired) electrons. The minimum absolute atomic E-state index is 0.332. The first kappa shape index (κ1) is 10.2.